The van der Waals surface area contributed by atoms with Crippen molar-refractivity contribution in [2.45, 2.75) is 24.5 Å². The van der Waals surface area contributed by atoms with E-state index in [9.17, 15) is 19.7 Å². The largest absolute Gasteiger partial charge is 0.493 e. The topological polar surface area (TPSA) is 175 Å². The van der Waals surface area contributed by atoms with E-state index in [0.29, 0.717) is 16.7 Å². The van der Waals surface area contributed by atoms with Crippen LogP contribution in [0.25, 0.3) is 10.9 Å². The Morgan fingerprint density at radius 3 is 2.28 bits per heavy atom. The summed E-state index contributed by atoms with van der Waals surface area (Å²) in [6.07, 6.45) is -5.86. The van der Waals surface area contributed by atoms with Crippen LogP contribution in [0, 0.1) is 0 Å². The molecule has 0 amide bonds. The molecule has 1 fully saturated rings. The van der Waals surface area contributed by atoms with Crippen LogP contribution in [-0.4, -0.2) is 119 Å². The van der Waals surface area contributed by atoms with Gasteiger partial charge in [0.1, 0.15) is 24.4 Å². The number of nitrogens with zero attached hydrogens (tertiary/aromatic N) is 4. The first-order valence-corrected chi connectivity index (χ1v) is 12.4. The molecule has 2 aromatic carbocycles. The summed E-state index contributed by atoms with van der Waals surface area (Å²) in [6, 6.07) is 11.3. The number of rotatable bonds is 11. The molecule has 4 atom stereocenters. The number of nitrogens with one attached hydrogen (secondary N) is 1. The molecule has 12 nitrogen and oxygen atoms in total. The molecule has 0 spiro atoms. The third-order valence-corrected chi connectivity index (χ3v) is 6.65. The van der Waals surface area contributed by atoms with Crippen molar-refractivity contribution >= 4 is 28.1 Å². The van der Waals surface area contributed by atoms with E-state index in [0.717, 1.165) is 37.6 Å². The lowest BCUT2D eigenvalue weighted by Crippen LogP contribution is -2.48. The molecular formula is C26H36FN5O7. The van der Waals surface area contributed by atoms with Gasteiger partial charge in [0, 0.05) is 49.0 Å². The molecule has 1 aliphatic rings. The van der Waals surface area contributed by atoms with Crippen LogP contribution in [0.3, 0.4) is 0 Å². The highest BCUT2D eigenvalue weighted by atomic mass is 19.1. The van der Waals surface area contributed by atoms with E-state index in [4.69, 9.17) is 14.6 Å². The summed E-state index contributed by atoms with van der Waals surface area (Å²) in [5, 5.41) is 42.7. The van der Waals surface area contributed by atoms with Crippen LogP contribution in [0.1, 0.15) is 0 Å². The second-order valence-corrected chi connectivity index (χ2v) is 9.22. The molecule has 13 heteroatoms. The standard InChI is InChI=1S/C26H34FN5O6.H2O/c1-31-7-9-32(10-8-31)17-5-3-16(4-6-17)30-26-18-11-21(37-2)22(12-20(18)28-15-29-26)38-23(14-34)25(36)24(35)19(27)13-33;/h3-6,11-12,15,19,23-25,33-36H,7-10,13-14H2,1-2H3,(H,28,29,30);1H2/t19-,23-,24+,25+;/m1./s1. The number of methoxy groups -OCH3 is 1. The third-order valence-electron chi connectivity index (χ3n) is 6.65. The monoisotopic (exact) mass is 549 g/mol. The average molecular weight is 550 g/mol. The quantitative estimate of drug-likeness (QED) is 0.219. The number of piperazine rings is 1. The van der Waals surface area contributed by atoms with E-state index < -0.39 is 37.7 Å². The van der Waals surface area contributed by atoms with Crippen molar-refractivity contribution in [2.75, 3.05) is 63.8 Å². The zero-order valence-corrected chi connectivity index (χ0v) is 21.9. The van der Waals surface area contributed by atoms with E-state index in [1.807, 2.05) is 12.1 Å². The van der Waals surface area contributed by atoms with E-state index in [1.165, 1.54) is 19.5 Å². The van der Waals surface area contributed by atoms with Crippen molar-refractivity contribution in [3.63, 3.8) is 0 Å². The Morgan fingerprint density at radius 2 is 1.67 bits per heavy atom. The fourth-order valence-corrected chi connectivity index (χ4v) is 4.29. The van der Waals surface area contributed by atoms with E-state index in [-0.39, 0.29) is 17.0 Å². The van der Waals surface area contributed by atoms with Gasteiger partial charge in [0.2, 0.25) is 0 Å². The Balaban J connectivity index is 0.00000420. The van der Waals surface area contributed by atoms with Gasteiger partial charge in [0.25, 0.3) is 0 Å². The molecule has 2 heterocycles. The molecule has 0 unspecified atom stereocenters. The number of aliphatic hydroxyl groups is 4. The molecular weight excluding hydrogens is 513 g/mol. The van der Waals surface area contributed by atoms with Crippen molar-refractivity contribution in [1.29, 1.82) is 0 Å². The van der Waals surface area contributed by atoms with Gasteiger partial charge in [0.05, 0.1) is 25.8 Å². The van der Waals surface area contributed by atoms with Gasteiger partial charge in [-0.25, -0.2) is 14.4 Å². The summed E-state index contributed by atoms with van der Waals surface area (Å²) in [5.41, 5.74) is 2.48. The number of hydrogen-bond donors (Lipinski definition) is 5. The van der Waals surface area contributed by atoms with Crippen LogP contribution in [0.4, 0.5) is 21.6 Å². The average Bonchev–Trinajstić information content (AvgIpc) is 2.95. The number of benzene rings is 2. The predicted octanol–water partition coefficient (Wildman–Crippen LogP) is 0.101. The van der Waals surface area contributed by atoms with Crippen LogP contribution in [0.2, 0.25) is 0 Å². The smallest absolute Gasteiger partial charge is 0.164 e. The number of hydrogen-bond acceptors (Lipinski definition) is 11. The summed E-state index contributed by atoms with van der Waals surface area (Å²) in [5.74, 6) is 0.898. The Labute approximate surface area is 225 Å². The molecule has 3 aromatic rings. The van der Waals surface area contributed by atoms with Crippen molar-refractivity contribution in [1.82, 2.24) is 14.9 Å². The highest BCUT2D eigenvalue weighted by Crippen LogP contribution is 2.36. The zero-order valence-electron chi connectivity index (χ0n) is 21.9. The lowest BCUT2D eigenvalue weighted by molar-refractivity contribution is -0.0981. The highest BCUT2D eigenvalue weighted by Gasteiger charge is 2.34. The number of fused-ring (bicyclic) bond motifs is 1. The van der Waals surface area contributed by atoms with Gasteiger partial charge in [-0.3, -0.25) is 0 Å². The molecule has 214 valence electrons. The highest BCUT2D eigenvalue weighted by molar-refractivity contribution is 5.93. The van der Waals surface area contributed by atoms with Crippen molar-refractivity contribution in [3.8, 4) is 11.5 Å². The normalized spacial score (nSPS) is 17.2. The minimum Gasteiger partial charge on any atom is -0.493 e. The Morgan fingerprint density at radius 1 is 0.974 bits per heavy atom. The van der Waals surface area contributed by atoms with Crippen molar-refractivity contribution < 1.29 is 39.8 Å². The molecule has 1 saturated heterocycles. The molecule has 39 heavy (non-hydrogen) atoms. The summed E-state index contributed by atoms with van der Waals surface area (Å²) in [7, 11) is 3.55. The van der Waals surface area contributed by atoms with E-state index >= 15 is 0 Å². The number of ether oxygens (including phenoxy) is 2. The molecule has 0 bridgehead atoms. The SMILES string of the molecule is COc1cc2c(Nc3ccc(N4CCN(C)CC4)cc3)ncnc2cc1O[C@H](CO)[C@H](O)[C@@H](O)[C@H](F)CO.O. The van der Waals surface area contributed by atoms with Gasteiger partial charge >= 0.3 is 0 Å². The second kappa shape index (κ2) is 13.6. The number of likely N-dealkylation sites (N-methyl/N-ethyl adjacent to an activating group) is 1. The number of halogens is 1. The molecule has 1 aromatic heterocycles. The van der Waals surface area contributed by atoms with Gasteiger partial charge in [-0.15, -0.1) is 0 Å². The minimum absolute atomic E-state index is 0. The van der Waals surface area contributed by atoms with E-state index in [2.05, 4.69) is 44.3 Å². The first-order chi connectivity index (χ1) is 18.3. The van der Waals surface area contributed by atoms with E-state index in [1.54, 1.807) is 6.07 Å². The maximum absolute atomic E-state index is 13.7. The lowest BCUT2D eigenvalue weighted by Gasteiger charge is -2.34. The van der Waals surface area contributed by atoms with Gasteiger partial charge < -0.3 is 50.5 Å². The van der Waals surface area contributed by atoms with Crippen LogP contribution in [0.5, 0.6) is 11.5 Å². The maximum atomic E-state index is 13.7. The molecule has 1 aliphatic heterocycles. The number of alkyl halides is 1. The first-order valence-electron chi connectivity index (χ1n) is 12.4. The van der Waals surface area contributed by atoms with Crippen LogP contribution in [0.15, 0.2) is 42.7 Å². The number of aromatic nitrogens is 2. The van der Waals surface area contributed by atoms with Crippen LogP contribution >= 0.6 is 0 Å². The van der Waals surface area contributed by atoms with Crippen LogP contribution < -0.4 is 19.7 Å². The number of anilines is 3. The minimum atomic E-state index is -2.10. The molecule has 4 rings (SSSR count). The first kappa shape index (κ1) is 30.2. The van der Waals surface area contributed by atoms with Crippen molar-refractivity contribution in [3.05, 3.63) is 42.7 Å². The van der Waals surface area contributed by atoms with Gasteiger partial charge in [-0.2, -0.15) is 0 Å². The van der Waals surface area contributed by atoms with Gasteiger partial charge in [0.15, 0.2) is 23.8 Å². The molecule has 0 radical (unpaired) electrons. The predicted molar refractivity (Wildman–Crippen MR) is 145 cm³/mol. The fraction of sp³-hybridized carbons (Fsp3) is 0.462. The molecule has 0 saturated carbocycles. The Kier molecular flexibility index (Phi) is 10.6. The zero-order chi connectivity index (χ0) is 27.2. The van der Waals surface area contributed by atoms with Gasteiger partial charge in [-0.05, 0) is 37.4 Å². The van der Waals surface area contributed by atoms with Crippen molar-refractivity contribution in [2.24, 2.45) is 0 Å². The van der Waals surface area contributed by atoms with Crippen LogP contribution in [-0.2, 0) is 0 Å². The molecule has 0 aliphatic carbocycles. The maximum Gasteiger partial charge on any atom is 0.164 e. The summed E-state index contributed by atoms with van der Waals surface area (Å²) >= 11 is 0. The second-order valence-electron chi connectivity index (χ2n) is 9.22. The summed E-state index contributed by atoms with van der Waals surface area (Å²) in [4.78, 5) is 13.3. The third kappa shape index (κ3) is 7.01. The Bertz CT molecular complexity index is 1200. The molecule has 7 N–H and O–H groups in total. The fourth-order valence-electron chi connectivity index (χ4n) is 4.29. The Hall–Kier alpha value is -3.33. The van der Waals surface area contributed by atoms with Gasteiger partial charge in [-0.1, -0.05) is 0 Å². The lowest BCUT2D eigenvalue weighted by atomic mass is 10.0. The number of aliphatic hydroxyl groups excluding tert-OH is 4. The summed E-state index contributed by atoms with van der Waals surface area (Å²) in [6.45, 7) is 2.30. The summed E-state index contributed by atoms with van der Waals surface area (Å²) < 4.78 is 24.8.